The molecule has 6 nitrogen and oxygen atoms in total. The summed E-state index contributed by atoms with van der Waals surface area (Å²) in [6.45, 7) is 0.235. The molecule has 0 aromatic heterocycles. The van der Waals surface area contributed by atoms with E-state index in [2.05, 4.69) is 10.3 Å². The van der Waals surface area contributed by atoms with Gasteiger partial charge in [-0.2, -0.15) is 0 Å². The molecule has 1 heterocycles. The van der Waals surface area contributed by atoms with Gasteiger partial charge in [-0.1, -0.05) is 64.8 Å². The minimum atomic E-state index is -0.695. The number of aliphatic imine (C=N–C) groups is 1. The molecule has 3 aromatic rings. The lowest BCUT2D eigenvalue weighted by atomic mass is 10.2. The van der Waals surface area contributed by atoms with Gasteiger partial charge >= 0.3 is 0 Å². The van der Waals surface area contributed by atoms with Crippen LogP contribution in [0.15, 0.2) is 71.7 Å². The van der Waals surface area contributed by atoms with Gasteiger partial charge in [0.05, 0.1) is 19.3 Å². The summed E-state index contributed by atoms with van der Waals surface area (Å²) in [6, 6.07) is 19.2. The van der Waals surface area contributed by atoms with Crippen molar-refractivity contribution in [1.29, 1.82) is 0 Å². The molecule has 1 N–H and O–H groups in total. The molecule has 35 heavy (non-hydrogen) atoms. The number of thioether (sulfide) groups is 1. The van der Waals surface area contributed by atoms with Gasteiger partial charge in [-0.3, -0.25) is 14.5 Å². The zero-order valence-corrected chi connectivity index (χ0v) is 21.6. The standard InChI is InChI=1S/C25H20Cl3N3O3S/c1-34-20-8-6-18(7-9-20)30-25-31(14-15-4-2-3-5-21(15)28)23(32)13-22(35-25)24(33)29-19-11-16(26)10-17(27)12-19/h2-12,22H,13-14H2,1H3,(H,29,33). The quantitative estimate of drug-likeness (QED) is 0.367. The lowest BCUT2D eigenvalue weighted by molar-refractivity contribution is -0.129. The van der Waals surface area contributed by atoms with Crippen LogP contribution in [0, 0.1) is 0 Å². The van der Waals surface area contributed by atoms with E-state index in [0.29, 0.717) is 37.4 Å². The maximum atomic E-state index is 13.2. The van der Waals surface area contributed by atoms with E-state index in [1.165, 1.54) is 11.8 Å². The smallest absolute Gasteiger partial charge is 0.238 e. The lowest BCUT2D eigenvalue weighted by Gasteiger charge is -2.32. The highest BCUT2D eigenvalue weighted by atomic mass is 35.5. The van der Waals surface area contributed by atoms with Crippen molar-refractivity contribution >= 4 is 74.9 Å². The van der Waals surface area contributed by atoms with E-state index in [-0.39, 0.29) is 24.8 Å². The molecule has 2 amide bonds. The fourth-order valence-corrected chi connectivity index (χ4v) is 5.23. The zero-order chi connectivity index (χ0) is 24.9. The maximum absolute atomic E-state index is 13.2. The van der Waals surface area contributed by atoms with Gasteiger partial charge < -0.3 is 10.1 Å². The molecule has 1 atom stereocenters. The first-order valence-electron chi connectivity index (χ1n) is 10.5. The minimum Gasteiger partial charge on any atom is -0.497 e. The Hall–Kier alpha value is -2.71. The second kappa shape index (κ2) is 11.4. The highest BCUT2D eigenvalue weighted by molar-refractivity contribution is 8.15. The number of methoxy groups -OCH3 is 1. The summed E-state index contributed by atoms with van der Waals surface area (Å²) in [6.07, 6.45) is -0.00309. The molecule has 1 aliphatic heterocycles. The van der Waals surface area contributed by atoms with Crippen molar-refractivity contribution in [2.45, 2.75) is 18.2 Å². The van der Waals surface area contributed by atoms with Crippen molar-refractivity contribution in [3.63, 3.8) is 0 Å². The monoisotopic (exact) mass is 547 g/mol. The number of nitrogens with zero attached hydrogens (tertiary/aromatic N) is 2. The molecule has 0 spiro atoms. The van der Waals surface area contributed by atoms with Gasteiger partial charge in [-0.05, 0) is 54.1 Å². The zero-order valence-electron chi connectivity index (χ0n) is 18.5. The Bertz CT molecular complexity index is 1260. The number of hydrogen-bond donors (Lipinski definition) is 1. The van der Waals surface area contributed by atoms with Crippen molar-refractivity contribution in [3.8, 4) is 5.75 Å². The van der Waals surface area contributed by atoms with Crippen molar-refractivity contribution in [3.05, 3.63) is 87.4 Å². The van der Waals surface area contributed by atoms with E-state index >= 15 is 0 Å². The molecule has 1 unspecified atom stereocenters. The van der Waals surface area contributed by atoms with Crippen molar-refractivity contribution in [2.75, 3.05) is 12.4 Å². The van der Waals surface area contributed by atoms with Crippen LogP contribution in [-0.2, 0) is 16.1 Å². The Morgan fingerprint density at radius 2 is 1.77 bits per heavy atom. The fraction of sp³-hybridized carbons (Fsp3) is 0.160. The third kappa shape index (κ3) is 6.49. The second-order valence-electron chi connectivity index (χ2n) is 7.62. The van der Waals surface area contributed by atoms with Crippen LogP contribution >= 0.6 is 46.6 Å². The number of hydrogen-bond acceptors (Lipinski definition) is 5. The number of amidine groups is 1. The maximum Gasteiger partial charge on any atom is 0.238 e. The number of rotatable bonds is 6. The van der Waals surface area contributed by atoms with Crippen LogP contribution in [0.5, 0.6) is 5.75 Å². The molecule has 3 aromatic carbocycles. The first-order valence-corrected chi connectivity index (χ1v) is 12.5. The molecule has 1 aliphatic rings. The lowest BCUT2D eigenvalue weighted by Crippen LogP contribution is -2.44. The molecule has 10 heteroatoms. The van der Waals surface area contributed by atoms with Gasteiger partial charge in [-0.25, -0.2) is 4.99 Å². The predicted octanol–water partition coefficient (Wildman–Crippen LogP) is 6.82. The number of nitrogens with one attached hydrogen (secondary N) is 1. The van der Waals surface area contributed by atoms with Crippen LogP contribution in [0.25, 0.3) is 0 Å². The summed E-state index contributed by atoms with van der Waals surface area (Å²) in [5.41, 5.74) is 1.85. The number of amides is 2. The third-order valence-corrected chi connectivity index (χ3v) is 7.14. The molecule has 0 radical (unpaired) electrons. The van der Waals surface area contributed by atoms with Gasteiger partial charge in [0.2, 0.25) is 11.8 Å². The van der Waals surface area contributed by atoms with E-state index in [0.717, 1.165) is 5.56 Å². The Balaban J connectivity index is 1.62. The summed E-state index contributed by atoms with van der Waals surface area (Å²) < 4.78 is 5.21. The van der Waals surface area contributed by atoms with Crippen molar-refractivity contribution in [2.24, 2.45) is 4.99 Å². The molecule has 180 valence electrons. The van der Waals surface area contributed by atoms with Crippen LogP contribution in [0.3, 0.4) is 0 Å². The highest BCUT2D eigenvalue weighted by Crippen LogP contribution is 2.33. The summed E-state index contributed by atoms with van der Waals surface area (Å²) in [7, 11) is 1.58. The van der Waals surface area contributed by atoms with E-state index in [1.807, 2.05) is 18.2 Å². The van der Waals surface area contributed by atoms with Crippen LogP contribution in [0.4, 0.5) is 11.4 Å². The van der Waals surface area contributed by atoms with Crippen LogP contribution in [-0.4, -0.2) is 34.2 Å². The van der Waals surface area contributed by atoms with Crippen LogP contribution in [0.1, 0.15) is 12.0 Å². The number of carbonyl (C=O) groups is 2. The molecular weight excluding hydrogens is 529 g/mol. The van der Waals surface area contributed by atoms with E-state index in [9.17, 15) is 9.59 Å². The number of carbonyl (C=O) groups excluding carboxylic acids is 2. The first-order chi connectivity index (χ1) is 16.8. The van der Waals surface area contributed by atoms with E-state index < -0.39 is 5.25 Å². The van der Waals surface area contributed by atoms with Crippen LogP contribution < -0.4 is 10.1 Å². The van der Waals surface area contributed by atoms with Gasteiger partial charge in [0.15, 0.2) is 5.17 Å². The number of benzene rings is 3. The van der Waals surface area contributed by atoms with Crippen molar-refractivity contribution in [1.82, 2.24) is 4.90 Å². The number of halogens is 3. The number of ether oxygens (including phenoxy) is 1. The van der Waals surface area contributed by atoms with Gasteiger partial charge in [0, 0.05) is 27.2 Å². The SMILES string of the molecule is COc1ccc(N=C2SC(C(=O)Nc3cc(Cl)cc(Cl)c3)CC(=O)N2Cc2ccccc2Cl)cc1. The van der Waals surface area contributed by atoms with E-state index in [4.69, 9.17) is 39.5 Å². The molecule has 4 rings (SSSR count). The Labute approximate surface area is 222 Å². The third-order valence-electron chi connectivity index (χ3n) is 5.15. The second-order valence-corrected chi connectivity index (χ2v) is 10.1. The molecular formula is C25H20Cl3N3O3S. The molecule has 0 bridgehead atoms. The first kappa shape index (κ1) is 25.4. The summed E-state index contributed by atoms with van der Waals surface area (Å²) in [4.78, 5) is 32.5. The minimum absolute atomic E-state index is 0.00309. The Morgan fingerprint density at radius 3 is 2.43 bits per heavy atom. The average molecular weight is 549 g/mol. The Kier molecular flexibility index (Phi) is 8.23. The van der Waals surface area contributed by atoms with Crippen molar-refractivity contribution < 1.29 is 14.3 Å². The molecule has 1 fully saturated rings. The average Bonchev–Trinajstić information content (AvgIpc) is 2.82. The van der Waals surface area contributed by atoms with E-state index in [1.54, 1.807) is 60.5 Å². The summed E-state index contributed by atoms with van der Waals surface area (Å²) in [5.74, 6) is 0.105. The van der Waals surface area contributed by atoms with Gasteiger partial charge in [0.1, 0.15) is 11.0 Å². The number of anilines is 1. The highest BCUT2D eigenvalue weighted by Gasteiger charge is 2.36. The summed E-state index contributed by atoms with van der Waals surface area (Å²) in [5, 5.41) is 3.84. The normalized spacial score (nSPS) is 16.9. The Morgan fingerprint density at radius 1 is 1.09 bits per heavy atom. The molecule has 1 saturated heterocycles. The molecule has 0 saturated carbocycles. The van der Waals surface area contributed by atoms with Gasteiger partial charge in [-0.15, -0.1) is 0 Å². The molecule has 0 aliphatic carbocycles. The predicted molar refractivity (Wildman–Crippen MR) is 143 cm³/mol. The fourth-order valence-electron chi connectivity index (χ4n) is 3.41. The largest absolute Gasteiger partial charge is 0.497 e. The topological polar surface area (TPSA) is 71.0 Å². The van der Waals surface area contributed by atoms with Crippen LogP contribution in [0.2, 0.25) is 15.1 Å². The van der Waals surface area contributed by atoms with Gasteiger partial charge in [0.25, 0.3) is 0 Å². The summed E-state index contributed by atoms with van der Waals surface area (Å²) >= 11 is 19.6.